The second-order valence-corrected chi connectivity index (χ2v) is 10.2. The highest BCUT2D eigenvalue weighted by Crippen LogP contribution is 2.25. The molecule has 0 unspecified atom stereocenters. The molecule has 3 heterocycles. The number of morpholine rings is 1. The van der Waals surface area contributed by atoms with E-state index in [1.165, 1.54) is 11.3 Å². The summed E-state index contributed by atoms with van der Waals surface area (Å²) >= 11 is 4.66. The van der Waals surface area contributed by atoms with Gasteiger partial charge in [-0.2, -0.15) is 0 Å². The van der Waals surface area contributed by atoms with Crippen molar-refractivity contribution in [2.75, 3.05) is 30.0 Å². The molecule has 3 amide bonds. The van der Waals surface area contributed by atoms with Gasteiger partial charge in [0.1, 0.15) is 12.6 Å². The van der Waals surface area contributed by atoms with Crippen LogP contribution >= 0.6 is 27.3 Å². The molecule has 4 rings (SSSR count). The molecule has 0 saturated carbocycles. The summed E-state index contributed by atoms with van der Waals surface area (Å²) in [6.45, 7) is 2.93. The van der Waals surface area contributed by atoms with Crippen LogP contribution in [0.4, 0.5) is 11.4 Å². The number of aryl methyl sites for hydroxylation is 1. The van der Waals surface area contributed by atoms with Crippen LogP contribution in [0.3, 0.4) is 0 Å². The van der Waals surface area contributed by atoms with Crippen LogP contribution in [0.1, 0.15) is 20.8 Å². The molecule has 1 fully saturated rings. The Balaban J connectivity index is 1.50. The van der Waals surface area contributed by atoms with E-state index >= 15 is 0 Å². The number of ether oxygens (including phenoxy) is 1. The molecule has 0 aliphatic carbocycles. The number of thiophene rings is 1. The summed E-state index contributed by atoms with van der Waals surface area (Å²) in [4.78, 5) is 44.4. The third kappa shape index (κ3) is 5.88. The Labute approximate surface area is 209 Å². The van der Waals surface area contributed by atoms with Crippen LogP contribution in [0.2, 0.25) is 0 Å². The first-order valence-electron chi connectivity index (χ1n) is 10.7. The third-order valence-corrected chi connectivity index (χ3v) is 6.97. The quantitative estimate of drug-likeness (QED) is 0.475. The number of nitrogens with zero attached hydrogens (tertiary/aromatic N) is 2. The number of carbonyl (C=O) groups excluding carboxylic acids is 3. The Morgan fingerprint density at radius 1 is 1.21 bits per heavy atom. The van der Waals surface area contributed by atoms with Crippen LogP contribution < -0.4 is 15.5 Å². The van der Waals surface area contributed by atoms with E-state index in [4.69, 9.17) is 4.74 Å². The molecule has 1 aliphatic rings. The normalized spacial score (nSPS) is 14.5. The molecule has 1 atom stereocenters. The van der Waals surface area contributed by atoms with E-state index in [2.05, 4.69) is 31.5 Å². The van der Waals surface area contributed by atoms with Crippen molar-refractivity contribution >= 4 is 56.4 Å². The largest absolute Gasteiger partial charge is 0.370 e. The maximum Gasteiger partial charge on any atom is 0.262 e. The lowest BCUT2D eigenvalue weighted by Crippen LogP contribution is -2.45. The molecule has 10 heteroatoms. The number of nitrogens with one attached hydrogen (secondary N) is 2. The number of anilines is 2. The lowest BCUT2D eigenvalue weighted by atomic mass is 10.1. The molecule has 34 heavy (non-hydrogen) atoms. The molecule has 176 valence electrons. The summed E-state index contributed by atoms with van der Waals surface area (Å²) in [6.07, 6.45) is 3.61. The minimum atomic E-state index is -0.795. The number of rotatable bonds is 7. The van der Waals surface area contributed by atoms with Crippen molar-refractivity contribution in [1.82, 2.24) is 10.3 Å². The molecular formula is C24H23BrN4O4S. The van der Waals surface area contributed by atoms with E-state index in [0.717, 1.165) is 20.6 Å². The summed E-state index contributed by atoms with van der Waals surface area (Å²) in [5.41, 5.74) is 3.10. The van der Waals surface area contributed by atoms with Crippen LogP contribution in [0.15, 0.2) is 58.6 Å². The zero-order valence-electron chi connectivity index (χ0n) is 18.4. The number of amides is 3. The summed E-state index contributed by atoms with van der Waals surface area (Å²) in [6, 6.07) is 11.7. The molecule has 1 aliphatic heterocycles. The van der Waals surface area contributed by atoms with Gasteiger partial charge >= 0.3 is 0 Å². The van der Waals surface area contributed by atoms with Gasteiger partial charge in [0.15, 0.2) is 0 Å². The second-order valence-electron chi connectivity index (χ2n) is 7.78. The van der Waals surface area contributed by atoms with Crippen molar-refractivity contribution in [3.8, 4) is 0 Å². The predicted octanol–water partition coefficient (Wildman–Crippen LogP) is 3.56. The smallest absolute Gasteiger partial charge is 0.262 e. The van der Waals surface area contributed by atoms with E-state index in [0.29, 0.717) is 30.1 Å². The zero-order chi connectivity index (χ0) is 24.1. The van der Waals surface area contributed by atoms with Crippen molar-refractivity contribution in [3.05, 3.63) is 74.6 Å². The number of benzene rings is 1. The summed E-state index contributed by atoms with van der Waals surface area (Å²) in [7, 11) is 0. The molecule has 0 spiro atoms. The summed E-state index contributed by atoms with van der Waals surface area (Å²) in [5.74, 6) is -0.746. The molecule has 2 N–H and O–H groups in total. The van der Waals surface area contributed by atoms with E-state index in [1.807, 2.05) is 31.2 Å². The average Bonchev–Trinajstić information content (AvgIpc) is 3.26. The van der Waals surface area contributed by atoms with E-state index in [9.17, 15) is 14.4 Å². The second kappa shape index (κ2) is 10.9. The predicted molar refractivity (Wildman–Crippen MR) is 134 cm³/mol. The zero-order valence-corrected chi connectivity index (χ0v) is 20.8. The fraction of sp³-hybridized carbons (Fsp3) is 0.250. The van der Waals surface area contributed by atoms with Crippen LogP contribution in [0.25, 0.3) is 0 Å². The van der Waals surface area contributed by atoms with Gasteiger partial charge in [0.25, 0.3) is 11.8 Å². The molecule has 8 nitrogen and oxygen atoms in total. The Hall–Kier alpha value is -3.08. The van der Waals surface area contributed by atoms with E-state index in [-0.39, 0.29) is 24.3 Å². The van der Waals surface area contributed by atoms with Gasteiger partial charge in [-0.1, -0.05) is 0 Å². The first-order chi connectivity index (χ1) is 16.4. The van der Waals surface area contributed by atoms with Gasteiger partial charge in [-0.3, -0.25) is 19.4 Å². The highest BCUT2D eigenvalue weighted by atomic mass is 79.9. The van der Waals surface area contributed by atoms with Gasteiger partial charge < -0.3 is 20.3 Å². The van der Waals surface area contributed by atoms with Gasteiger partial charge in [0.2, 0.25) is 5.91 Å². The van der Waals surface area contributed by atoms with Crippen LogP contribution in [-0.4, -0.2) is 48.5 Å². The Morgan fingerprint density at radius 2 is 2.00 bits per heavy atom. The monoisotopic (exact) mass is 542 g/mol. The lowest BCUT2D eigenvalue weighted by molar-refractivity contribution is -0.125. The van der Waals surface area contributed by atoms with Crippen LogP contribution in [0, 0.1) is 6.92 Å². The molecule has 0 bridgehead atoms. The number of pyridine rings is 1. The van der Waals surface area contributed by atoms with E-state index < -0.39 is 6.04 Å². The van der Waals surface area contributed by atoms with Gasteiger partial charge in [-0.05, 0) is 76.4 Å². The maximum absolute atomic E-state index is 13.2. The average molecular weight is 543 g/mol. The summed E-state index contributed by atoms with van der Waals surface area (Å²) in [5, 5.41) is 5.75. The van der Waals surface area contributed by atoms with Crippen molar-refractivity contribution in [2.45, 2.75) is 19.4 Å². The maximum atomic E-state index is 13.2. The first kappa shape index (κ1) is 24.1. The Kier molecular flexibility index (Phi) is 7.71. The van der Waals surface area contributed by atoms with Gasteiger partial charge in [0, 0.05) is 36.7 Å². The standard InChI is InChI=1S/C24H23BrN4O4S/c1-15-12-17(2-3-19(15)29-10-11-33-14-22(29)30)27-23(31)18(13-16-6-8-26-9-7-16)28-24(32)20-4-5-21(25)34-20/h2-9,12,18H,10-11,13-14H2,1H3,(H,27,31)(H,28,32)/t18-/m1/s1. The molecule has 1 aromatic carbocycles. The number of hydrogen-bond donors (Lipinski definition) is 2. The summed E-state index contributed by atoms with van der Waals surface area (Å²) < 4.78 is 6.04. The van der Waals surface area contributed by atoms with Crippen molar-refractivity contribution in [3.63, 3.8) is 0 Å². The van der Waals surface area contributed by atoms with Crippen molar-refractivity contribution in [2.24, 2.45) is 0 Å². The Morgan fingerprint density at radius 3 is 2.68 bits per heavy atom. The van der Waals surface area contributed by atoms with Crippen molar-refractivity contribution < 1.29 is 19.1 Å². The molecular weight excluding hydrogens is 520 g/mol. The number of hydrogen-bond acceptors (Lipinski definition) is 6. The van der Waals surface area contributed by atoms with Crippen LogP contribution in [0.5, 0.6) is 0 Å². The first-order valence-corrected chi connectivity index (χ1v) is 12.3. The fourth-order valence-electron chi connectivity index (χ4n) is 3.67. The number of halogens is 1. The van der Waals surface area contributed by atoms with Crippen LogP contribution in [-0.2, 0) is 20.7 Å². The van der Waals surface area contributed by atoms with Gasteiger partial charge in [-0.25, -0.2) is 0 Å². The minimum absolute atomic E-state index is 0.0646. The fourth-order valence-corrected chi connectivity index (χ4v) is 4.96. The highest BCUT2D eigenvalue weighted by molar-refractivity contribution is 9.11. The van der Waals surface area contributed by atoms with Crippen molar-refractivity contribution in [1.29, 1.82) is 0 Å². The number of aromatic nitrogens is 1. The topological polar surface area (TPSA) is 101 Å². The molecule has 1 saturated heterocycles. The van der Waals surface area contributed by atoms with E-state index in [1.54, 1.807) is 35.5 Å². The third-order valence-electron chi connectivity index (χ3n) is 5.35. The van der Waals surface area contributed by atoms with Gasteiger partial charge in [0.05, 0.1) is 15.3 Å². The SMILES string of the molecule is Cc1cc(NC(=O)[C@@H](Cc2ccncc2)NC(=O)c2ccc(Br)s2)ccc1N1CCOCC1=O. The van der Waals surface area contributed by atoms with Gasteiger partial charge in [-0.15, -0.1) is 11.3 Å². The molecule has 0 radical (unpaired) electrons. The highest BCUT2D eigenvalue weighted by Gasteiger charge is 2.24. The number of carbonyl (C=O) groups is 3. The molecule has 2 aromatic heterocycles. The Bertz CT molecular complexity index is 1200. The minimum Gasteiger partial charge on any atom is -0.370 e. The lowest BCUT2D eigenvalue weighted by Gasteiger charge is -2.28. The molecule has 3 aromatic rings.